The van der Waals surface area contributed by atoms with Gasteiger partial charge in [0.2, 0.25) is 11.0 Å². The van der Waals surface area contributed by atoms with Crippen LogP contribution in [0.5, 0.6) is 0 Å². The molecule has 106 valence electrons. The van der Waals surface area contributed by atoms with Crippen LogP contribution in [0, 0.1) is 0 Å². The number of ether oxygens (including phenoxy) is 1. The second kappa shape index (κ2) is 6.93. The Morgan fingerprint density at radius 3 is 2.95 bits per heavy atom. The number of anilines is 1. The molecule has 0 bridgehead atoms. The second-order valence-electron chi connectivity index (χ2n) is 4.53. The summed E-state index contributed by atoms with van der Waals surface area (Å²) in [6, 6.07) is -0.297. The Morgan fingerprint density at radius 2 is 2.32 bits per heavy atom. The van der Waals surface area contributed by atoms with Gasteiger partial charge in [-0.05, 0) is 12.8 Å². The highest BCUT2D eigenvalue weighted by atomic mass is 32.1. The van der Waals surface area contributed by atoms with Gasteiger partial charge in [-0.25, -0.2) is 0 Å². The molecule has 1 aromatic rings. The normalized spacial score (nSPS) is 19.6. The Hall–Kier alpha value is -1.05. The number of carbonyl (C=O) groups is 1. The Bertz CT molecular complexity index is 414. The lowest BCUT2D eigenvalue weighted by molar-refractivity contribution is -0.120. The van der Waals surface area contributed by atoms with E-state index in [2.05, 4.69) is 34.7 Å². The van der Waals surface area contributed by atoms with Gasteiger partial charge in [0.1, 0.15) is 11.0 Å². The first-order chi connectivity index (χ1) is 9.24. The molecule has 1 aliphatic heterocycles. The molecule has 7 heteroatoms. The highest BCUT2D eigenvalue weighted by molar-refractivity contribution is 7.15. The van der Waals surface area contributed by atoms with Crippen molar-refractivity contribution < 1.29 is 9.53 Å². The van der Waals surface area contributed by atoms with Crippen LogP contribution >= 0.6 is 11.3 Å². The van der Waals surface area contributed by atoms with Crippen LogP contribution in [0.2, 0.25) is 0 Å². The summed E-state index contributed by atoms with van der Waals surface area (Å²) in [7, 11) is 0. The number of hydrogen-bond donors (Lipinski definition) is 2. The van der Waals surface area contributed by atoms with Gasteiger partial charge in [0.05, 0.1) is 13.2 Å². The quantitative estimate of drug-likeness (QED) is 0.854. The maximum atomic E-state index is 12.0. The molecular formula is C12H20N4O2S. The average Bonchev–Trinajstić information content (AvgIpc) is 2.89. The van der Waals surface area contributed by atoms with Gasteiger partial charge in [-0.3, -0.25) is 10.1 Å². The van der Waals surface area contributed by atoms with Crippen molar-refractivity contribution in [3.63, 3.8) is 0 Å². The molecule has 1 aliphatic rings. The van der Waals surface area contributed by atoms with E-state index < -0.39 is 0 Å². The Kier molecular flexibility index (Phi) is 5.24. The molecule has 1 unspecified atom stereocenters. The molecule has 1 amide bonds. The van der Waals surface area contributed by atoms with E-state index in [0.29, 0.717) is 30.8 Å². The van der Waals surface area contributed by atoms with Crippen molar-refractivity contribution in [2.24, 2.45) is 0 Å². The third-order valence-corrected chi connectivity index (χ3v) is 4.24. The summed E-state index contributed by atoms with van der Waals surface area (Å²) < 4.78 is 5.26. The van der Waals surface area contributed by atoms with Gasteiger partial charge in [-0.15, -0.1) is 10.2 Å². The maximum absolute atomic E-state index is 12.0. The van der Waals surface area contributed by atoms with Gasteiger partial charge in [0, 0.05) is 12.5 Å². The van der Waals surface area contributed by atoms with Crippen molar-refractivity contribution in [1.82, 2.24) is 15.5 Å². The number of hydrogen-bond acceptors (Lipinski definition) is 6. The van der Waals surface area contributed by atoms with Crippen molar-refractivity contribution >= 4 is 22.4 Å². The van der Waals surface area contributed by atoms with Crippen LogP contribution in [0.25, 0.3) is 0 Å². The predicted molar refractivity (Wildman–Crippen MR) is 74.5 cm³/mol. The van der Waals surface area contributed by atoms with E-state index in [-0.39, 0.29) is 11.9 Å². The predicted octanol–water partition coefficient (Wildman–Crippen LogP) is 1.37. The Balaban J connectivity index is 1.93. The van der Waals surface area contributed by atoms with E-state index in [1.165, 1.54) is 11.3 Å². The summed E-state index contributed by atoms with van der Waals surface area (Å²) >= 11 is 1.46. The van der Waals surface area contributed by atoms with E-state index >= 15 is 0 Å². The fourth-order valence-electron chi connectivity index (χ4n) is 2.01. The van der Waals surface area contributed by atoms with E-state index in [1.54, 1.807) is 0 Å². The lowest BCUT2D eigenvalue weighted by Gasteiger charge is -2.22. The molecule has 19 heavy (non-hydrogen) atoms. The van der Waals surface area contributed by atoms with Crippen LogP contribution in [-0.2, 0) is 9.53 Å². The fraction of sp³-hybridized carbons (Fsp3) is 0.750. The van der Waals surface area contributed by atoms with Gasteiger partial charge in [0.15, 0.2) is 0 Å². The minimum atomic E-state index is -0.297. The van der Waals surface area contributed by atoms with Crippen molar-refractivity contribution in [2.75, 3.05) is 25.1 Å². The zero-order chi connectivity index (χ0) is 13.7. The van der Waals surface area contributed by atoms with E-state index in [4.69, 9.17) is 4.74 Å². The fourth-order valence-corrected chi connectivity index (χ4v) is 3.03. The molecule has 0 radical (unpaired) electrons. The molecule has 0 spiro atoms. The number of carbonyl (C=O) groups excluding carboxylic acids is 1. The summed E-state index contributed by atoms with van der Waals surface area (Å²) in [5.74, 6) is 0.325. The first kappa shape index (κ1) is 14.4. The molecule has 1 atom stereocenters. The molecule has 0 aliphatic carbocycles. The average molecular weight is 284 g/mol. The number of aromatic nitrogens is 2. The third kappa shape index (κ3) is 3.71. The molecule has 0 saturated carbocycles. The lowest BCUT2D eigenvalue weighted by Crippen LogP contribution is -2.48. The zero-order valence-electron chi connectivity index (χ0n) is 11.3. The standard InChI is InChI=1S/C12H20N4O2S/c1-3-8(4-2)11-15-16-12(19-11)14-10(17)9-7-18-6-5-13-9/h8-9,13H,3-7H2,1-2H3,(H,14,16,17). The summed E-state index contributed by atoms with van der Waals surface area (Å²) in [4.78, 5) is 12.0. The third-order valence-electron chi connectivity index (χ3n) is 3.24. The number of amides is 1. The molecule has 2 N–H and O–H groups in total. The molecule has 6 nitrogen and oxygen atoms in total. The van der Waals surface area contributed by atoms with Crippen LogP contribution in [0.15, 0.2) is 0 Å². The highest BCUT2D eigenvalue weighted by Crippen LogP contribution is 2.28. The maximum Gasteiger partial charge on any atom is 0.245 e. The molecule has 1 saturated heterocycles. The molecule has 1 fully saturated rings. The van der Waals surface area contributed by atoms with Crippen LogP contribution in [0.4, 0.5) is 5.13 Å². The topological polar surface area (TPSA) is 76.1 Å². The van der Waals surface area contributed by atoms with Crippen molar-refractivity contribution in [3.05, 3.63) is 5.01 Å². The van der Waals surface area contributed by atoms with Crippen molar-refractivity contribution in [3.8, 4) is 0 Å². The summed E-state index contributed by atoms with van der Waals surface area (Å²) in [5, 5.41) is 15.7. The van der Waals surface area contributed by atoms with E-state index in [9.17, 15) is 4.79 Å². The molecule has 2 heterocycles. The van der Waals surface area contributed by atoms with Crippen LogP contribution in [0.3, 0.4) is 0 Å². The number of nitrogens with one attached hydrogen (secondary N) is 2. The second-order valence-corrected chi connectivity index (χ2v) is 5.54. The zero-order valence-corrected chi connectivity index (χ0v) is 12.1. The first-order valence-corrected chi connectivity index (χ1v) is 7.51. The van der Waals surface area contributed by atoms with Gasteiger partial charge in [0.25, 0.3) is 0 Å². The molecule has 2 rings (SSSR count). The number of morpholine rings is 1. The van der Waals surface area contributed by atoms with Gasteiger partial charge < -0.3 is 10.1 Å². The minimum absolute atomic E-state index is 0.105. The molecule has 0 aromatic carbocycles. The Labute approximate surface area is 116 Å². The van der Waals surface area contributed by atoms with Gasteiger partial charge >= 0.3 is 0 Å². The smallest absolute Gasteiger partial charge is 0.245 e. The van der Waals surface area contributed by atoms with E-state index in [1.807, 2.05) is 0 Å². The van der Waals surface area contributed by atoms with Crippen molar-refractivity contribution in [1.29, 1.82) is 0 Å². The molecule has 1 aromatic heterocycles. The van der Waals surface area contributed by atoms with Gasteiger partial charge in [-0.2, -0.15) is 0 Å². The lowest BCUT2D eigenvalue weighted by atomic mass is 10.1. The largest absolute Gasteiger partial charge is 0.378 e. The van der Waals surface area contributed by atoms with Crippen molar-refractivity contribution in [2.45, 2.75) is 38.6 Å². The summed E-state index contributed by atoms with van der Waals surface area (Å²) in [6.07, 6.45) is 2.08. The highest BCUT2D eigenvalue weighted by Gasteiger charge is 2.22. The number of nitrogens with zero attached hydrogens (tertiary/aromatic N) is 2. The number of rotatable bonds is 5. The summed E-state index contributed by atoms with van der Waals surface area (Å²) in [5.41, 5.74) is 0. The Morgan fingerprint density at radius 1 is 1.53 bits per heavy atom. The van der Waals surface area contributed by atoms with Crippen LogP contribution in [0.1, 0.15) is 37.6 Å². The monoisotopic (exact) mass is 284 g/mol. The van der Waals surface area contributed by atoms with Gasteiger partial charge in [-0.1, -0.05) is 25.2 Å². The van der Waals surface area contributed by atoms with E-state index in [0.717, 1.165) is 17.8 Å². The van der Waals surface area contributed by atoms with Crippen LogP contribution in [-0.4, -0.2) is 41.9 Å². The molecular weight excluding hydrogens is 264 g/mol. The van der Waals surface area contributed by atoms with Crippen LogP contribution < -0.4 is 10.6 Å². The SMILES string of the molecule is CCC(CC)c1nnc(NC(=O)C2COCCN2)s1. The first-order valence-electron chi connectivity index (χ1n) is 6.70. The summed E-state index contributed by atoms with van der Waals surface area (Å²) in [6.45, 7) is 6.03. The minimum Gasteiger partial charge on any atom is -0.378 e.